The van der Waals surface area contributed by atoms with Crippen LogP contribution >= 0.6 is 17.1 Å². The van der Waals surface area contributed by atoms with E-state index in [9.17, 15) is 4.79 Å². The minimum Gasteiger partial charge on any atom is -0.488 e. The standard InChI is InChI=1S/C11H19N2O4PS2/c1-5-7-20-18(19,16-6-2)17-9-8-12-13(3)11(14)10(9)15-4/h8H,5-7H2,1-4H3. The van der Waals surface area contributed by atoms with Crippen LogP contribution in [0, 0.1) is 0 Å². The Morgan fingerprint density at radius 2 is 2.20 bits per heavy atom. The number of aromatic nitrogens is 2. The highest BCUT2D eigenvalue weighted by Gasteiger charge is 2.24. The van der Waals surface area contributed by atoms with Crippen LogP contribution in [0.3, 0.4) is 0 Å². The minimum atomic E-state index is -2.55. The number of hydrogen-bond donors (Lipinski definition) is 0. The van der Waals surface area contributed by atoms with Crippen molar-refractivity contribution in [2.75, 3.05) is 19.5 Å². The van der Waals surface area contributed by atoms with E-state index in [0.29, 0.717) is 6.61 Å². The van der Waals surface area contributed by atoms with Crippen molar-refractivity contribution in [2.24, 2.45) is 7.05 Å². The fourth-order valence-electron chi connectivity index (χ4n) is 1.33. The molecule has 6 nitrogen and oxygen atoms in total. The van der Waals surface area contributed by atoms with Crippen LogP contribution in [0.5, 0.6) is 11.5 Å². The van der Waals surface area contributed by atoms with Crippen LogP contribution in [-0.2, 0) is 23.4 Å². The van der Waals surface area contributed by atoms with Gasteiger partial charge in [0.1, 0.15) is 0 Å². The molecule has 0 fully saturated rings. The molecule has 1 unspecified atom stereocenters. The van der Waals surface area contributed by atoms with Crippen molar-refractivity contribution in [3.63, 3.8) is 0 Å². The molecule has 0 radical (unpaired) electrons. The Labute approximate surface area is 127 Å². The van der Waals surface area contributed by atoms with Gasteiger partial charge in [0.2, 0.25) is 5.75 Å². The molecule has 0 amide bonds. The van der Waals surface area contributed by atoms with E-state index in [-0.39, 0.29) is 17.1 Å². The molecule has 0 bridgehead atoms. The molecule has 0 saturated carbocycles. The second kappa shape index (κ2) is 8.02. The summed E-state index contributed by atoms with van der Waals surface area (Å²) in [7, 11) is 2.95. The second-order valence-corrected chi connectivity index (χ2v) is 10.1. The zero-order chi connectivity index (χ0) is 15.2. The molecular weight excluding hydrogens is 319 g/mol. The molecule has 114 valence electrons. The smallest absolute Gasteiger partial charge is 0.312 e. The zero-order valence-corrected chi connectivity index (χ0v) is 14.5. The summed E-state index contributed by atoms with van der Waals surface area (Å²) in [5.74, 6) is 1.15. The molecular formula is C11H19N2O4PS2. The molecule has 20 heavy (non-hydrogen) atoms. The quantitative estimate of drug-likeness (QED) is 0.675. The van der Waals surface area contributed by atoms with Gasteiger partial charge in [0.25, 0.3) is 5.69 Å². The zero-order valence-electron chi connectivity index (χ0n) is 12.0. The maximum atomic E-state index is 11.9. The van der Waals surface area contributed by atoms with E-state index in [2.05, 4.69) is 12.0 Å². The minimum absolute atomic E-state index is 0.0912. The molecule has 9 heteroatoms. The first-order chi connectivity index (χ1) is 9.47. The van der Waals surface area contributed by atoms with E-state index in [1.54, 1.807) is 7.05 Å². The average molecular weight is 338 g/mol. The first-order valence-electron chi connectivity index (χ1n) is 6.16. The Morgan fingerprint density at radius 3 is 2.75 bits per heavy atom. The molecule has 0 saturated heterocycles. The third-order valence-corrected chi connectivity index (χ3v) is 7.64. The van der Waals surface area contributed by atoms with Gasteiger partial charge >= 0.3 is 5.56 Å². The molecule has 0 aliphatic rings. The van der Waals surface area contributed by atoms with Gasteiger partial charge in [0.05, 0.1) is 19.9 Å². The predicted molar refractivity (Wildman–Crippen MR) is 85.3 cm³/mol. The number of hydrogen-bond acceptors (Lipinski definition) is 7. The van der Waals surface area contributed by atoms with Crippen molar-refractivity contribution in [2.45, 2.75) is 20.3 Å². The van der Waals surface area contributed by atoms with E-state index in [1.807, 2.05) is 6.92 Å². The van der Waals surface area contributed by atoms with Gasteiger partial charge in [-0.05, 0) is 25.2 Å². The van der Waals surface area contributed by atoms with Crippen LogP contribution in [-0.4, -0.2) is 29.3 Å². The normalized spacial score (nSPS) is 13.8. The summed E-state index contributed by atoms with van der Waals surface area (Å²) in [6, 6.07) is 0. The van der Waals surface area contributed by atoms with Gasteiger partial charge in [0, 0.05) is 12.8 Å². The third-order valence-electron chi connectivity index (χ3n) is 2.22. The van der Waals surface area contributed by atoms with Crippen molar-refractivity contribution in [1.82, 2.24) is 9.78 Å². The molecule has 0 aliphatic heterocycles. The monoisotopic (exact) mass is 338 g/mol. The van der Waals surface area contributed by atoms with Crippen LogP contribution in [0.1, 0.15) is 20.3 Å². The van der Waals surface area contributed by atoms with Gasteiger partial charge in [0.15, 0.2) is 5.75 Å². The fraction of sp³-hybridized carbons (Fsp3) is 0.636. The Kier molecular flexibility index (Phi) is 7.02. The lowest BCUT2D eigenvalue weighted by Gasteiger charge is -2.22. The molecule has 0 aliphatic carbocycles. The highest BCUT2D eigenvalue weighted by molar-refractivity contribution is 8.68. The summed E-state index contributed by atoms with van der Waals surface area (Å²) in [4.78, 5) is 11.9. The van der Waals surface area contributed by atoms with Gasteiger partial charge in [-0.15, -0.1) is 0 Å². The molecule has 1 aromatic heterocycles. The number of rotatable bonds is 8. The Morgan fingerprint density at radius 1 is 1.50 bits per heavy atom. The van der Waals surface area contributed by atoms with Crippen LogP contribution in [0.15, 0.2) is 11.0 Å². The molecule has 0 spiro atoms. The second-order valence-electron chi connectivity index (χ2n) is 3.76. The van der Waals surface area contributed by atoms with Crippen LogP contribution in [0.2, 0.25) is 0 Å². The SMILES string of the molecule is CCCSP(=S)(OCC)Oc1cnn(C)c(=O)c1OC. The van der Waals surface area contributed by atoms with Gasteiger partial charge in [-0.3, -0.25) is 4.79 Å². The Balaban J connectivity index is 3.08. The number of methoxy groups -OCH3 is 1. The number of aryl methyl sites for hydroxylation is 1. The van der Waals surface area contributed by atoms with Gasteiger partial charge < -0.3 is 13.8 Å². The highest BCUT2D eigenvalue weighted by Crippen LogP contribution is 2.61. The molecule has 0 aromatic carbocycles. The Hall–Kier alpha value is -0.560. The summed E-state index contributed by atoms with van der Waals surface area (Å²) in [6.45, 7) is 4.37. The first-order valence-corrected chi connectivity index (χ1v) is 10.4. The van der Waals surface area contributed by atoms with Gasteiger partial charge in [-0.25, -0.2) is 4.68 Å². The summed E-state index contributed by atoms with van der Waals surface area (Å²) >= 11 is 6.93. The first kappa shape index (κ1) is 17.5. The molecule has 0 N–H and O–H groups in total. The van der Waals surface area contributed by atoms with Crippen molar-refractivity contribution in [3.8, 4) is 11.5 Å². The van der Waals surface area contributed by atoms with Crippen molar-refractivity contribution in [3.05, 3.63) is 16.6 Å². The van der Waals surface area contributed by atoms with E-state index >= 15 is 0 Å². The summed E-state index contributed by atoms with van der Waals surface area (Å²) in [5.41, 5.74) is -2.92. The van der Waals surface area contributed by atoms with E-state index in [4.69, 9.17) is 25.6 Å². The topological polar surface area (TPSA) is 62.6 Å². The molecule has 1 rings (SSSR count). The van der Waals surface area contributed by atoms with Gasteiger partial charge in [-0.1, -0.05) is 18.3 Å². The lowest BCUT2D eigenvalue weighted by atomic mass is 10.5. The summed E-state index contributed by atoms with van der Waals surface area (Å²) in [6.07, 6.45) is 2.39. The largest absolute Gasteiger partial charge is 0.488 e. The van der Waals surface area contributed by atoms with E-state index in [1.165, 1.54) is 29.4 Å². The van der Waals surface area contributed by atoms with Gasteiger partial charge in [-0.2, -0.15) is 5.10 Å². The van der Waals surface area contributed by atoms with Crippen molar-refractivity contribution in [1.29, 1.82) is 0 Å². The van der Waals surface area contributed by atoms with E-state index < -0.39 is 5.69 Å². The van der Waals surface area contributed by atoms with E-state index in [0.717, 1.165) is 12.2 Å². The Bertz CT molecular complexity index is 550. The highest BCUT2D eigenvalue weighted by atomic mass is 32.9. The van der Waals surface area contributed by atoms with Crippen LogP contribution < -0.4 is 14.8 Å². The lowest BCUT2D eigenvalue weighted by molar-refractivity contribution is 0.332. The van der Waals surface area contributed by atoms with Crippen LogP contribution in [0.25, 0.3) is 0 Å². The van der Waals surface area contributed by atoms with Crippen LogP contribution in [0.4, 0.5) is 0 Å². The number of nitrogens with zero attached hydrogens (tertiary/aromatic N) is 2. The van der Waals surface area contributed by atoms with Crippen molar-refractivity contribution >= 4 is 28.9 Å². The maximum Gasteiger partial charge on any atom is 0.312 e. The molecule has 1 atom stereocenters. The molecule has 1 heterocycles. The summed E-state index contributed by atoms with van der Waals surface area (Å²) < 4.78 is 17.6. The van der Waals surface area contributed by atoms with Crippen molar-refractivity contribution < 1.29 is 13.8 Å². The average Bonchev–Trinajstić information content (AvgIpc) is 2.41. The fourth-order valence-corrected chi connectivity index (χ4v) is 5.99. The maximum absolute atomic E-state index is 11.9. The third kappa shape index (κ3) is 4.48. The lowest BCUT2D eigenvalue weighted by Crippen LogP contribution is -2.21. The predicted octanol–water partition coefficient (Wildman–Crippen LogP) is 2.57. The summed E-state index contributed by atoms with van der Waals surface area (Å²) in [5, 5.41) is 3.92. The molecule has 1 aromatic rings. The number of ether oxygens (including phenoxy) is 1.